The summed E-state index contributed by atoms with van der Waals surface area (Å²) in [7, 11) is 0. The Kier molecular flexibility index (Phi) is 2.71. The van der Waals surface area contributed by atoms with Gasteiger partial charge in [0.05, 0.1) is 5.01 Å². The molecule has 0 spiro atoms. The Labute approximate surface area is 88.8 Å². The minimum absolute atomic E-state index is 0.888. The van der Waals surface area contributed by atoms with Crippen LogP contribution in [0.1, 0.15) is 10.6 Å². The Balaban J connectivity index is 2.15. The molecule has 0 saturated carbocycles. The van der Waals surface area contributed by atoms with E-state index in [9.17, 15) is 0 Å². The van der Waals surface area contributed by atoms with Gasteiger partial charge in [-0.25, -0.2) is 4.98 Å². The topological polar surface area (TPSA) is 25.8 Å². The molecule has 2 nitrogen and oxygen atoms in total. The molecule has 0 radical (unpaired) electrons. The molecular weight excluding hydrogens is 248 g/mol. The number of rotatable bonds is 2. The fourth-order valence-corrected chi connectivity index (χ4v) is 2.34. The Morgan fingerprint density at radius 2 is 2.08 bits per heavy atom. The van der Waals surface area contributed by atoms with E-state index >= 15 is 0 Å². The van der Waals surface area contributed by atoms with Crippen molar-refractivity contribution in [3.63, 3.8) is 0 Å². The molecule has 2 aromatic rings. The highest BCUT2D eigenvalue weighted by Crippen LogP contribution is 2.17. The van der Waals surface area contributed by atoms with Crippen molar-refractivity contribution in [2.24, 2.45) is 0 Å². The van der Waals surface area contributed by atoms with E-state index in [1.165, 1.54) is 5.56 Å². The Morgan fingerprint density at radius 3 is 2.69 bits per heavy atom. The third kappa shape index (κ3) is 2.35. The van der Waals surface area contributed by atoms with Crippen molar-refractivity contribution in [1.29, 1.82) is 0 Å². The zero-order valence-electron chi connectivity index (χ0n) is 6.77. The second kappa shape index (κ2) is 3.98. The van der Waals surface area contributed by atoms with Crippen LogP contribution in [0.5, 0.6) is 0 Å². The minimum Gasteiger partial charge on any atom is -0.265 e. The van der Waals surface area contributed by atoms with Crippen molar-refractivity contribution >= 4 is 27.3 Å². The van der Waals surface area contributed by atoms with Gasteiger partial charge in [-0.2, -0.15) is 0 Å². The smallest absolute Gasteiger partial charge is 0.117 e. The van der Waals surface area contributed by atoms with Crippen LogP contribution in [0.25, 0.3) is 0 Å². The average molecular weight is 255 g/mol. The Bertz CT molecular complexity index is 386. The van der Waals surface area contributed by atoms with Gasteiger partial charge in [0.2, 0.25) is 0 Å². The standard InChI is InChI=1S/C9H7BrN2S/c10-8-6-13-9(12-8)5-7-1-3-11-4-2-7/h1-4,6H,5H2. The molecule has 0 fully saturated rings. The van der Waals surface area contributed by atoms with E-state index in [4.69, 9.17) is 0 Å². The van der Waals surface area contributed by atoms with E-state index in [1.807, 2.05) is 17.5 Å². The molecule has 0 aliphatic heterocycles. The molecule has 0 aromatic carbocycles. The SMILES string of the molecule is Brc1csc(Cc2ccncc2)n1. The van der Waals surface area contributed by atoms with Crippen LogP contribution in [0.3, 0.4) is 0 Å². The van der Waals surface area contributed by atoms with Crippen LogP contribution in [0.4, 0.5) is 0 Å². The second-order valence-electron chi connectivity index (χ2n) is 2.60. The van der Waals surface area contributed by atoms with Crippen molar-refractivity contribution in [2.45, 2.75) is 6.42 Å². The maximum Gasteiger partial charge on any atom is 0.117 e. The van der Waals surface area contributed by atoms with E-state index in [2.05, 4.69) is 25.9 Å². The van der Waals surface area contributed by atoms with Crippen molar-refractivity contribution in [2.75, 3.05) is 0 Å². The van der Waals surface area contributed by atoms with Gasteiger partial charge in [-0.15, -0.1) is 11.3 Å². The summed E-state index contributed by atoms with van der Waals surface area (Å²) in [6.45, 7) is 0. The first-order valence-corrected chi connectivity index (χ1v) is 5.50. The second-order valence-corrected chi connectivity index (χ2v) is 4.35. The van der Waals surface area contributed by atoms with E-state index in [1.54, 1.807) is 23.7 Å². The largest absolute Gasteiger partial charge is 0.265 e. The third-order valence-electron chi connectivity index (χ3n) is 1.63. The predicted octanol–water partition coefficient (Wildman–Crippen LogP) is 2.89. The summed E-state index contributed by atoms with van der Waals surface area (Å²) in [6.07, 6.45) is 4.49. The van der Waals surface area contributed by atoms with Crippen LogP contribution < -0.4 is 0 Å². The lowest BCUT2D eigenvalue weighted by atomic mass is 10.2. The number of pyridine rings is 1. The van der Waals surface area contributed by atoms with E-state index in [-0.39, 0.29) is 0 Å². The van der Waals surface area contributed by atoms with Gasteiger partial charge in [-0.05, 0) is 33.6 Å². The lowest BCUT2D eigenvalue weighted by Gasteiger charge is -1.94. The molecule has 13 heavy (non-hydrogen) atoms. The number of hydrogen-bond acceptors (Lipinski definition) is 3. The monoisotopic (exact) mass is 254 g/mol. The average Bonchev–Trinajstić information content (AvgIpc) is 2.53. The lowest BCUT2D eigenvalue weighted by molar-refractivity contribution is 1.11. The molecule has 0 atom stereocenters. The van der Waals surface area contributed by atoms with Crippen LogP contribution in [-0.2, 0) is 6.42 Å². The quantitative estimate of drug-likeness (QED) is 0.824. The number of thiazole rings is 1. The molecule has 0 amide bonds. The van der Waals surface area contributed by atoms with Crippen molar-refractivity contribution in [1.82, 2.24) is 9.97 Å². The Hall–Kier alpha value is -0.740. The van der Waals surface area contributed by atoms with Gasteiger partial charge in [-0.3, -0.25) is 4.98 Å². The first-order valence-electron chi connectivity index (χ1n) is 3.83. The Morgan fingerprint density at radius 1 is 1.31 bits per heavy atom. The summed E-state index contributed by atoms with van der Waals surface area (Å²) in [5, 5.41) is 3.12. The van der Waals surface area contributed by atoms with Crippen LogP contribution in [0.15, 0.2) is 34.5 Å². The molecule has 2 aromatic heterocycles. The summed E-state index contributed by atoms with van der Waals surface area (Å²) in [4.78, 5) is 8.29. The number of halogens is 1. The van der Waals surface area contributed by atoms with Crippen LogP contribution in [0, 0.1) is 0 Å². The van der Waals surface area contributed by atoms with Gasteiger partial charge in [0, 0.05) is 24.2 Å². The van der Waals surface area contributed by atoms with Crippen molar-refractivity contribution < 1.29 is 0 Å². The van der Waals surface area contributed by atoms with Crippen molar-refractivity contribution in [3.05, 3.63) is 45.1 Å². The van der Waals surface area contributed by atoms with Crippen LogP contribution >= 0.6 is 27.3 Å². The molecule has 0 N–H and O–H groups in total. The molecule has 0 unspecified atom stereocenters. The maximum atomic E-state index is 4.32. The van der Waals surface area contributed by atoms with Gasteiger partial charge >= 0.3 is 0 Å². The van der Waals surface area contributed by atoms with Gasteiger partial charge < -0.3 is 0 Å². The summed E-state index contributed by atoms with van der Waals surface area (Å²) in [5.74, 6) is 0. The normalized spacial score (nSPS) is 10.2. The number of nitrogens with zero attached hydrogens (tertiary/aromatic N) is 2. The lowest BCUT2D eigenvalue weighted by Crippen LogP contribution is -1.86. The minimum atomic E-state index is 0.888. The van der Waals surface area contributed by atoms with Crippen LogP contribution in [0.2, 0.25) is 0 Å². The van der Waals surface area contributed by atoms with Gasteiger partial charge in [-0.1, -0.05) is 0 Å². The van der Waals surface area contributed by atoms with Crippen molar-refractivity contribution in [3.8, 4) is 0 Å². The zero-order valence-corrected chi connectivity index (χ0v) is 9.18. The zero-order chi connectivity index (χ0) is 9.10. The maximum absolute atomic E-state index is 4.32. The summed E-state index contributed by atoms with van der Waals surface area (Å²) in [6, 6.07) is 4.02. The molecule has 4 heteroatoms. The van der Waals surface area contributed by atoms with Crippen LogP contribution in [-0.4, -0.2) is 9.97 Å². The summed E-state index contributed by atoms with van der Waals surface area (Å²) < 4.78 is 0.918. The predicted molar refractivity (Wildman–Crippen MR) is 56.9 cm³/mol. The van der Waals surface area contributed by atoms with Gasteiger partial charge in [0.15, 0.2) is 0 Å². The van der Waals surface area contributed by atoms with E-state index in [0.29, 0.717) is 0 Å². The highest BCUT2D eigenvalue weighted by atomic mass is 79.9. The molecule has 0 aliphatic carbocycles. The molecule has 0 saturated heterocycles. The van der Waals surface area contributed by atoms with E-state index in [0.717, 1.165) is 16.0 Å². The number of aromatic nitrogens is 2. The highest BCUT2D eigenvalue weighted by molar-refractivity contribution is 9.10. The molecule has 2 heterocycles. The summed E-state index contributed by atoms with van der Waals surface area (Å²) in [5.41, 5.74) is 1.25. The third-order valence-corrected chi connectivity index (χ3v) is 3.19. The fourth-order valence-electron chi connectivity index (χ4n) is 1.04. The molecule has 0 aliphatic rings. The first kappa shape index (κ1) is 8.84. The van der Waals surface area contributed by atoms with E-state index < -0.39 is 0 Å². The van der Waals surface area contributed by atoms with Gasteiger partial charge in [0.1, 0.15) is 4.60 Å². The molecule has 66 valence electrons. The fraction of sp³-hybridized carbons (Fsp3) is 0.111. The summed E-state index contributed by atoms with van der Waals surface area (Å²) >= 11 is 5.00. The molecule has 0 bridgehead atoms. The van der Waals surface area contributed by atoms with Gasteiger partial charge in [0.25, 0.3) is 0 Å². The highest BCUT2D eigenvalue weighted by Gasteiger charge is 2.00. The molecule has 2 rings (SSSR count). The number of hydrogen-bond donors (Lipinski definition) is 0. The first-order chi connectivity index (χ1) is 6.34. The molecular formula is C9H7BrN2S.